The van der Waals surface area contributed by atoms with E-state index in [1.807, 2.05) is 0 Å². The zero-order valence-corrected chi connectivity index (χ0v) is 9.61. The van der Waals surface area contributed by atoms with E-state index in [2.05, 4.69) is 0 Å². The summed E-state index contributed by atoms with van der Waals surface area (Å²) in [6, 6.07) is 3.89. The van der Waals surface area contributed by atoms with Crippen molar-refractivity contribution in [2.45, 2.75) is 37.4 Å². The molecule has 1 fully saturated rings. The Morgan fingerprint density at radius 3 is 2.56 bits per heavy atom. The standard InChI is InChI=1S/C12H14ClF2N/c13-11-2-1-8(14)7-10(11)12(15)5-3-9(16)4-6-12/h1-2,7,9H,3-6,16H2. The van der Waals surface area contributed by atoms with Crippen LogP contribution in [0.4, 0.5) is 8.78 Å². The summed E-state index contributed by atoms with van der Waals surface area (Å²) in [6.07, 6.45) is 1.86. The molecule has 1 aromatic rings. The van der Waals surface area contributed by atoms with Crippen molar-refractivity contribution < 1.29 is 8.78 Å². The predicted octanol–water partition coefficient (Wildman–Crippen LogP) is 3.55. The van der Waals surface area contributed by atoms with Crippen molar-refractivity contribution in [3.05, 3.63) is 34.6 Å². The molecule has 4 heteroatoms. The molecule has 0 saturated heterocycles. The van der Waals surface area contributed by atoms with Gasteiger partial charge in [-0.2, -0.15) is 0 Å². The predicted molar refractivity (Wildman–Crippen MR) is 60.6 cm³/mol. The second-order valence-electron chi connectivity index (χ2n) is 4.43. The van der Waals surface area contributed by atoms with Gasteiger partial charge in [-0.3, -0.25) is 0 Å². The van der Waals surface area contributed by atoms with E-state index in [9.17, 15) is 8.78 Å². The van der Waals surface area contributed by atoms with Crippen molar-refractivity contribution in [2.24, 2.45) is 5.73 Å². The number of nitrogens with two attached hydrogens (primary N) is 1. The van der Waals surface area contributed by atoms with E-state index in [0.717, 1.165) is 0 Å². The first-order valence-electron chi connectivity index (χ1n) is 5.41. The van der Waals surface area contributed by atoms with Crippen LogP contribution in [0.2, 0.25) is 5.02 Å². The van der Waals surface area contributed by atoms with E-state index in [1.54, 1.807) is 0 Å². The average Bonchev–Trinajstić information content (AvgIpc) is 2.26. The third-order valence-electron chi connectivity index (χ3n) is 3.23. The van der Waals surface area contributed by atoms with E-state index >= 15 is 0 Å². The van der Waals surface area contributed by atoms with E-state index < -0.39 is 11.5 Å². The van der Waals surface area contributed by atoms with E-state index in [4.69, 9.17) is 17.3 Å². The summed E-state index contributed by atoms with van der Waals surface area (Å²) in [7, 11) is 0. The quantitative estimate of drug-likeness (QED) is 0.805. The molecule has 1 saturated carbocycles. The van der Waals surface area contributed by atoms with Crippen molar-refractivity contribution in [1.82, 2.24) is 0 Å². The molecule has 0 atom stereocenters. The summed E-state index contributed by atoms with van der Waals surface area (Å²) in [4.78, 5) is 0. The first kappa shape index (κ1) is 11.8. The monoisotopic (exact) mass is 245 g/mol. The molecule has 0 unspecified atom stereocenters. The van der Waals surface area contributed by atoms with E-state index in [-0.39, 0.29) is 11.6 Å². The number of benzene rings is 1. The zero-order valence-electron chi connectivity index (χ0n) is 8.85. The first-order valence-corrected chi connectivity index (χ1v) is 5.79. The third kappa shape index (κ3) is 2.20. The molecule has 0 amide bonds. The highest BCUT2D eigenvalue weighted by molar-refractivity contribution is 6.31. The maximum absolute atomic E-state index is 14.6. The van der Waals surface area contributed by atoms with Gasteiger partial charge in [0.05, 0.1) is 0 Å². The van der Waals surface area contributed by atoms with Crippen LogP contribution < -0.4 is 5.73 Å². The van der Waals surface area contributed by atoms with Crippen LogP contribution in [0.1, 0.15) is 31.2 Å². The zero-order chi connectivity index (χ0) is 11.8. The molecular weight excluding hydrogens is 232 g/mol. The summed E-state index contributed by atoms with van der Waals surface area (Å²) in [5, 5.41) is 0.291. The molecule has 0 bridgehead atoms. The number of hydrogen-bond acceptors (Lipinski definition) is 1. The smallest absolute Gasteiger partial charge is 0.137 e. The molecule has 16 heavy (non-hydrogen) atoms. The molecule has 2 rings (SSSR count). The molecule has 1 aromatic carbocycles. The van der Waals surface area contributed by atoms with Crippen molar-refractivity contribution in [1.29, 1.82) is 0 Å². The van der Waals surface area contributed by atoms with Crippen LogP contribution in [0.5, 0.6) is 0 Å². The summed E-state index contributed by atoms with van der Waals surface area (Å²) < 4.78 is 27.7. The fourth-order valence-electron chi connectivity index (χ4n) is 2.21. The maximum Gasteiger partial charge on any atom is 0.137 e. The summed E-state index contributed by atoms with van der Waals surface area (Å²) in [6.45, 7) is 0. The molecule has 0 heterocycles. The Hall–Kier alpha value is -0.670. The molecule has 0 aliphatic heterocycles. The lowest BCUT2D eigenvalue weighted by molar-refractivity contribution is 0.0976. The molecule has 0 radical (unpaired) electrons. The number of hydrogen-bond donors (Lipinski definition) is 1. The number of alkyl halides is 1. The van der Waals surface area contributed by atoms with Crippen LogP contribution in [0.15, 0.2) is 18.2 Å². The minimum atomic E-state index is -1.52. The van der Waals surface area contributed by atoms with Crippen molar-refractivity contribution in [3.63, 3.8) is 0 Å². The van der Waals surface area contributed by atoms with Crippen molar-refractivity contribution >= 4 is 11.6 Å². The van der Waals surface area contributed by atoms with Gasteiger partial charge in [0.2, 0.25) is 0 Å². The van der Waals surface area contributed by atoms with Crippen LogP contribution in [0.25, 0.3) is 0 Å². The second-order valence-corrected chi connectivity index (χ2v) is 4.83. The molecule has 1 aliphatic carbocycles. The highest BCUT2D eigenvalue weighted by atomic mass is 35.5. The van der Waals surface area contributed by atoms with E-state index in [1.165, 1.54) is 18.2 Å². The van der Waals surface area contributed by atoms with Crippen LogP contribution in [-0.4, -0.2) is 6.04 Å². The van der Waals surface area contributed by atoms with Gasteiger partial charge >= 0.3 is 0 Å². The third-order valence-corrected chi connectivity index (χ3v) is 3.56. The molecule has 0 spiro atoms. The highest BCUT2D eigenvalue weighted by Crippen LogP contribution is 2.43. The lowest BCUT2D eigenvalue weighted by atomic mass is 9.79. The number of halogens is 3. The Bertz CT molecular complexity index is 387. The Morgan fingerprint density at radius 2 is 1.94 bits per heavy atom. The first-order chi connectivity index (χ1) is 7.51. The molecule has 88 valence electrons. The largest absolute Gasteiger partial charge is 0.328 e. The van der Waals surface area contributed by atoms with Crippen molar-refractivity contribution in [3.8, 4) is 0 Å². The summed E-state index contributed by atoms with van der Waals surface area (Å²) in [5.74, 6) is -0.453. The van der Waals surface area contributed by atoms with Crippen molar-refractivity contribution in [2.75, 3.05) is 0 Å². The Morgan fingerprint density at radius 1 is 1.31 bits per heavy atom. The molecule has 1 nitrogen and oxygen atoms in total. The van der Waals surface area contributed by atoms with Gasteiger partial charge in [-0.1, -0.05) is 11.6 Å². The number of rotatable bonds is 1. The molecule has 0 aromatic heterocycles. The van der Waals surface area contributed by atoms with Gasteiger partial charge in [0.25, 0.3) is 0 Å². The minimum Gasteiger partial charge on any atom is -0.328 e. The normalized spacial score (nSPS) is 30.4. The van der Waals surface area contributed by atoms with E-state index in [0.29, 0.717) is 30.7 Å². The average molecular weight is 246 g/mol. The van der Waals surface area contributed by atoms with Gasteiger partial charge in [-0.25, -0.2) is 8.78 Å². The SMILES string of the molecule is NC1CCC(F)(c2cc(F)ccc2Cl)CC1. The summed E-state index contributed by atoms with van der Waals surface area (Å²) >= 11 is 5.92. The fraction of sp³-hybridized carbons (Fsp3) is 0.500. The van der Waals surface area contributed by atoms with Gasteiger partial charge in [0, 0.05) is 16.6 Å². The Kier molecular flexibility index (Phi) is 3.17. The topological polar surface area (TPSA) is 26.0 Å². The van der Waals surface area contributed by atoms with Gasteiger partial charge in [-0.05, 0) is 43.9 Å². The molecular formula is C12H14ClF2N. The molecule has 2 N–H and O–H groups in total. The van der Waals surface area contributed by atoms with Gasteiger partial charge in [0.1, 0.15) is 11.5 Å². The van der Waals surface area contributed by atoms with Gasteiger partial charge in [0.15, 0.2) is 0 Å². The maximum atomic E-state index is 14.6. The van der Waals surface area contributed by atoms with Gasteiger partial charge < -0.3 is 5.73 Å². The summed E-state index contributed by atoms with van der Waals surface area (Å²) in [5.41, 5.74) is 4.47. The second kappa shape index (κ2) is 4.30. The highest BCUT2D eigenvalue weighted by Gasteiger charge is 2.37. The lowest BCUT2D eigenvalue weighted by Gasteiger charge is -2.33. The van der Waals surface area contributed by atoms with Crippen LogP contribution in [0.3, 0.4) is 0 Å². The fourth-order valence-corrected chi connectivity index (χ4v) is 2.49. The Balaban J connectivity index is 2.32. The van der Waals surface area contributed by atoms with Crippen LogP contribution >= 0.6 is 11.6 Å². The van der Waals surface area contributed by atoms with Crippen LogP contribution in [0, 0.1) is 5.82 Å². The lowest BCUT2D eigenvalue weighted by Crippen LogP contribution is -2.34. The van der Waals surface area contributed by atoms with Gasteiger partial charge in [-0.15, -0.1) is 0 Å². The minimum absolute atomic E-state index is 0.0520. The Labute approximate surface area is 98.6 Å². The molecule has 1 aliphatic rings. The van der Waals surface area contributed by atoms with Crippen LogP contribution in [-0.2, 0) is 5.67 Å².